The molecule has 138 valence electrons. The molecule has 1 aromatic heterocycles. The van der Waals surface area contributed by atoms with E-state index in [4.69, 9.17) is 4.42 Å². The average Bonchev–Trinajstić information content (AvgIpc) is 3.27. The number of anilines is 2. The monoisotopic (exact) mass is 379 g/mol. The fraction of sp³-hybridized carbons (Fsp3) is 0.190. The van der Waals surface area contributed by atoms with Crippen molar-refractivity contribution in [2.75, 3.05) is 16.2 Å². The van der Waals surface area contributed by atoms with E-state index in [1.165, 1.54) is 17.5 Å². The van der Waals surface area contributed by atoms with E-state index in [9.17, 15) is 4.55 Å². The highest BCUT2D eigenvalue weighted by Gasteiger charge is 2.30. The molecule has 2 heterocycles. The lowest BCUT2D eigenvalue weighted by Crippen LogP contribution is -2.29. The Balaban J connectivity index is 1.55. The van der Waals surface area contributed by atoms with Gasteiger partial charge in [-0.3, -0.25) is 0 Å². The lowest BCUT2D eigenvalue weighted by atomic mass is 10.1. The van der Waals surface area contributed by atoms with Crippen molar-refractivity contribution in [1.82, 2.24) is 4.98 Å². The van der Waals surface area contributed by atoms with Gasteiger partial charge in [0.15, 0.2) is 17.0 Å². The van der Waals surface area contributed by atoms with E-state index in [0.717, 1.165) is 34.9 Å². The molecule has 0 saturated carbocycles. The lowest BCUT2D eigenvalue weighted by molar-refractivity contribution is 0.544. The highest BCUT2D eigenvalue weighted by molar-refractivity contribution is 7.92. The number of benzene rings is 2. The highest BCUT2D eigenvalue weighted by atomic mass is 32.2. The number of oxazole rings is 1. The molecular formula is C21H21N3O2S. The van der Waals surface area contributed by atoms with Crippen LogP contribution in [0.4, 0.5) is 11.4 Å². The van der Waals surface area contributed by atoms with Gasteiger partial charge in [-0.1, -0.05) is 30.3 Å². The first-order chi connectivity index (χ1) is 13.0. The molecule has 0 radical (unpaired) electrons. The Labute approximate surface area is 162 Å². The summed E-state index contributed by atoms with van der Waals surface area (Å²) in [6, 6.07) is 13.9. The summed E-state index contributed by atoms with van der Waals surface area (Å²) in [6.45, 7) is 8.72. The number of aromatic nitrogens is 1. The number of rotatable bonds is 5. The van der Waals surface area contributed by atoms with E-state index < -0.39 is 11.4 Å². The third-order valence-corrected chi connectivity index (χ3v) is 6.08. The molecule has 0 amide bonds. The van der Waals surface area contributed by atoms with Crippen molar-refractivity contribution in [3.05, 3.63) is 78.0 Å². The lowest BCUT2D eigenvalue weighted by Gasteiger charge is -2.22. The van der Waals surface area contributed by atoms with Gasteiger partial charge in [0.1, 0.15) is 11.4 Å². The van der Waals surface area contributed by atoms with E-state index in [0.29, 0.717) is 11.5 Å². The Morgan fingerprint density at radius 2 is 2.11 bits per heavy atom. The molecule has 1 aliphatic rings. The number of nitrogens with one attached hydrogen (secondary N) is 1. The predicted octanol–water partition coefficient (Wildman–Crippen LogP) is 4.46. The Bertz CT molecular complexity index is 999. The van der Waals surface area contributed by atoms with Crippen LogP contribution in [0, 0.1) is 13.8 Å². The van der Waals surface area contributed by atoms with E-state index >= 15 is 0 Å². The number of aryl methyl sites for hydroxylation is 2. The molecule has 1 unspecified atom stereocenters. The Morgan fingerprint density at radius 1 is 1.26 bits per heavy atom. The van der Waals surface area contributed by atoms with Gasteiger partial charge in [0.25, 0.3) is 0 Å². The van der Waals surface area contributed by atoms with Crippen molar-refractivity contribution in [3.63, 3.8) is 0 Å². The van der Waals surface area contributed by atoms with Crippen LogP contribution in [0.15, 0.2) is 64.7 Å². The molecule has 4 rings (SSSR count). The van der Waals surface area contributed by atoms with Crippen LogP contribution in [0.3, 0.4) is 0 Å². The number of hydrogen-bond acceptors (Lipinski definition) is 5. The maximum atomic E-state index is 13.2. The molecule has 6 heteroatoms. The zero-order valence-electron chi connectivity index (χ0n) is 15.4. The molecule has 5 nitrogen and oxygen atoms in total. The minimum atomic E-state index is -1.27. The van der Waals surface area contributed by atoms with Crippen molar-refractivity contribution >= 4 is 28.4 Å². The van der Waals surface area contributed by atoms with Gasteiger partial charge in [0.2, 0.25) is 0 Å². The van der Waals surface area contributed by atoms with Crippen LogP contribution in [0.5, 0.6) is 0 Å². The summed E-state index contributed by atoms with van der Waals surface area (Å²) >= 11 is -1.27. The standard InChI is InChI=1S/C21H21N3O2S/c1-14-7-8-20-17(11-14)9-10-24(20)27(25)19-6-4-5-18(12-19)23-16(3)21-15(2)22-13-26-21/h4-8,11-13,23H,3,9-10H2,1-2H3. The molecular weight excluding hydrogens is 358 g/mol. The van der Waals surface area contributed by atoms with Crippen molar-refractivity contribution in [2.45, 2.75) is 25.2 Å². The molecule has 1 atom stereocenters. The summed E-state index contributed by atoms with van der Waals surface area (Å²) in [7, 11) is 0. The van der Waals surface area contributed by atoms with Crippen LogP contribution in [0.25, 0.3) is 5.70 Å². The molecule has 27 heavy (non-hydrogen) atoms. The number of nitrogens with zero attached hydrogens (tertiary/aromatic N) is 2. The molecule has 0 fully saturated rings. The van der Waals surface area contributed by atoms with Crippen molar-refractivity contribution in [2.24, 2.45) is 0 Å². The molecule has 2 aromatic carbocycles. The van der Waals surface area contributed by atoms with Crippen LogP contribution in [0.2, 0.25) is 0 Å². The Kier molecular flexibility index (Phi) is 4.68. The summed E-state index contributed by atoms with van der Waals surface area (Å²) < 4.78 is 20.5. The van der Waals surface area contributed by atoms with Gasteiger partial charge in [0.05, 0.1) is 23.6 Å². The Hall–Kier alpha value is -2.70. The zero-order valence-corrected chi connectivity index (χ0v) is 16.2. The van der Waals surface area contributed by atoms with Crippen molar-refractivity contribution in [1.29, 1.82) is 0 Å². The fourth-order valence-electron chi connectivity index (χ4n) is 3.30. The van der Waals surface area contributed by atoms with Gasteiger partial charge in [-0.05, 0) is 44.0 Å². The molecule has 3 aromatic rings. The number of hydrogen-bond donors (Lipinski definition) is 1. The quantitative estimate of drug-likeness (QED) is 0.663. The molecule has 1 aliphatic heterocycles. The van der Waals surface area contributed by atoms with Gasteiger partial charge in [-0.2, -0.15) is 4.31 Å². The second-order valence-electron chi connectivity index (χ2n) is 6.63. The van der Waals surface area contributed by atoms with Crippen molar-refractivity contribution in [3.8, 4) is 0 Å². The summed E-state index contributed by atoms with van der Waals surface area (Å²) in [5.74, 6) is 0.616. The van der Waals surface area contributed by atoms with Crippen molar-refractivity contribution < 1.29 is 8.97 Å². The van der Waals surface area contributed by atoms with E-state index in [1.807, 2.05) is 35.5 Å². The maximum Gasteiger partial charge on any atom is 0.182 e. The first kappa shape index (κ1) is 17.7. The average molecular weight is 379 g/mol. The maximum absolute atomic E-state index is 13.2. The van der Waals surface area contributed by atoms with Crippen LogP contribution < -0.4 is 9.62 Å². The first-order valence-corrected chi connectivity index (χ1v) is 9.89. The third-order valence-electron chi connectivity index (χ3n) is 4.64. The smallest absolute Gasteiger partial charge is 0.182 e. The second kappa shape index (κ2) is 7.13. The van der Waals surface area contributed by atoms with E-state index in [1.54, 1.807) is 0 Å². The van der Waals surface area contributed by atoms with Crippen LogP contribution >= 0.6 is 0 Å². The van der Waals surface area contributed by atoms with E-state index in [-0.39, 0.29) is 0 Å². The summed E-state index contributed by atoms with van der Waals surface area (Å²) in [5, 5.41) is 3.22. The van der Waals surface area contributed by atoms with Gasteiger partial charge >= 0.3 is 0 Å². The van der Waals surface area contributed by atoms with Gasteiger partial charge in [-0.15, -0.1) is 0 Å². The SMILES string of the molecule is C=C(Nc1cccc([S+]([O-])N2CCc3cc(C)ccc32)c1)c1ocnc1C. The minimum absolute atomic E-state index is 0.616. The molecule has 1 N–H and O–H groups in total. The minimum Gasteiger partial charge on any atom is -0.588 e. The normalized spacial score (nSPS) is 14.1. The fourth-order valence-corrected chi connectivity index (χ4v) is 4.60. The van der Waals surface area contributed by atoms with E-state index in [2.05, 4.69) is 42.0 Å². The molecule has 0 spiro atoms. The predicted molar refractivity (Wildman–Crippen MR) is 109 cm³/mol. The summed E-state index contributed by atoms with van der Waals surface area (Å²) in [4.78, 5) is 4.83. The summed E-state index contributed by atoms with van der Waals surface area (Å²) in [5.41, 5.74) is 5.75. The van der Waals surface area contributed by atoms with Gasteiger partial charge < -0.3 is 14.3 Å². The van der Waals surface area contributed by atoms with Crippen LogP contribution in [-0.4, -0.2) is 16.1 Å². The summed E-state index contributed by atoms with van der Waals surface area (Å²) in [6.07, 6.45) is 2.32. The molecule has 0 saturated heterocycles. The zero-order chi connectivity index (χ0) is 19.0. The van der Waals surface area contributed by atoms with Crippen LogP contribution in [0.1, 0.15) is 22.6 Å². The second-order valence-corrected chi connectivity index (χ2v) is 8.04. The topological polar surface area (TPSA) is 64.4 Å². The first-order valence-electron chi connectivity index (χ1n) is 8.78. The third kappa shape index (κ3) is 3.46. The Morgan fingerprint density at radius 3 is 2.89 bits per heavy atom. The molecule has 0 aliphatic carbocycles. The van der Waals surface area contributed by atoms with Crippen LogP contribution in [-0.2, 0) is 17.8 Å². The highest BCUT2D eigenvalue weighted by Crippen LogP contribution is 2.34. The number of fused-ring (bicyclic) bond motifs is 1. The molecule has 0 bridgehead atoms. The largest absolute Gasteiger partial charge is 0.588 e. The van der Waals surface area contributed by atoms with Gasteiger partial charge in [0, 0.05) is 11.8 Å². The van der Waals surface area contributed by atoms with Gasteiger partial charge in [-0.25, -0.2) is 4.98 Å².